The van der Waals surface area contributed by atoms with Crippen LogP contribution >= 0.6 is 11.6 Å². The Labute approximate surface area is 172 Å². The molecule has 0 aliphatic carbocycles. The maximum atomic E-state index is 12.3. The second-order valence-electron chi connectivity index (χ2n) is 6.22. The number of halogens is 1. The summed E-state index contributed by atoms with van der Waals surface area (Å²) in [6, 6.07) is 4.28. The van der Waals surface area contributed by atoms with E-state index in [1.807, 2.05) is 0 Å². The number of amides is 3. The van der Waals surface area contributed by atoms with Gasteiger partial charge in [-0.2, -0.15) is 0 Å². The van der Waals surface area contributed by atoms with Gasteiger partial charge in [0.2, 0.25) is 0 Å². The van der Waals surface area contributed by atoms with Gasteiger partial charge in [-0.25, -0.2) is 14.4 Å². The van der Waals surface area contributed by atoms with Crippen molar-refractivity contribution in [2.75, 3.05) is 13.2 Å². The van der Waals surface area contributed by atoms with E-state index < -0.39 is 36.0 Å². The molecule has 0 aromatic heterocycles. The second kappa shape index (κ2) is 9.92. The molecule has 2 rings (SSSR count). The molecule has 0 saturated heterocycles. The lowest BCUT2D eigenvalue weighted by Gasteiger charge is -2.26. The summed E-state index contributed by atoms with van der Waals surface area (Å²) in [7, 11) is 0. The van der Waals surface area contributed by atoms with Gasteiger partial charge in [0, 0.05) is 0 Å². The number of rotatable bonds is 7. The zero-order valence-corrected chi connectivity index (χ0v) is 17.0. The molecule has 0 saturated carbocycles. The van der Waals surface area contributed by atoms with Gasteiger partial charge in [0.25, 0.3) is 5.91 Å². The SMILES string of the molecule is CCOC(=O)C1=C(COC(=O)C(C)NC(=O)c2ccccc2Cl)NC(=O)NC1C. The molecule has 0 spiro atoms. The molecule has 3 N–H and O–H groups in total. The number of ether oxygens (including phenoxy) is 2. The van der Waals surface area contributed by atoms with Crippen LogP contribution < -0.4 is 16.0 Å². The van der Waals surface area contributed by atoms with Crippen molar-refractivity contribution in [3.63, 3.8) is 0 Å². The number of hydrogen-bond donors (Lipinski definition) is 3. The van der Waals surface area contributed by atoms with Crippen LogP contribution in [0.5, 0.6) is 0 Å². The number of hydrogen-bond acceptors (Lipinski definition) is 6. The lowest BCUT2D eigenvalue weighted by Crippen LogP contribution is -2.50. The molecule has 0 radical (unpaired) electrons. The highest BCUT2D eigenvalue weighted by molar-refractivity contribution is 6.33. The van der Waals surface area contributed by atoms with Crippen molar-refractivity contribution in [2.24, 2.45) is 0 Å². The Balaban J connectivity index is 2.04. The van der Waals surface area contributed by atoms with E-state index in [2.05, 4.69) is 16.0 Å². The van der Waals surface area contributed by atoms with Crippen molar-refractivity contribution in [1.29, 1.82) is 0 Å². The topological polar surface area (TPSA) is 123 Å². The van der Waals surface area contributed by atoms with E-state index in [0.29, 0.717) is 0 Å². The number of carbonyl (C=O) groups is 4. The van der Waals surface area contributed by atoms with Crippen molar-refractivity contribution >= 4 is 35.5 Å². The Kier molecular flexibility index (Phi) is 7.60. The van der Waals surface area contributed by atoms with Crippen LogP contribution in [0.3, 0.4) is 0 Å². The summed E-state index contributed by atoms with van der Waals surface area (Å²) < 4.78 is 10.2. The highest BCUT2D eigenvalue weighted by Crippen LogP contribution is 2.16. The molecule has 10 heteroatoms. The van der Waals surface area contributed by atoms with Crippen LogP contribution in [-0.2, 0) is 19.1 Å². The minimum absolute atomic E-state index is 0.123. The van der Waals surface area contributed by atoms with E-state index in [4.69, 9.17) is 21.1 Å². The zero-order chi connectivity index (χ0) is 21.6. The Morgan fingerprint density at radius 3 is 2.59 bits per heavy atom. The number of carbonyl (C=O) groups excluding carboxylic acids is 4. The molecule has 0 bridgehead atoms. The molecule has 1 heterocycles. The molecular formula is C19H22ClN3O6. The fourth-order valence-electron chi connectivity index (χ4n) is 2.64. The molecule has 0 fully saturated rings. The smallest absolute Gasteiger partial charge is 0.338 e. The van der Waals surface area contributed by atoms with Gasteiger partial charge in [0.05, 0.1) is 34.5 Å². The summed E-state index contributed by atoms with van der Waals surface area (Å²) in [6.07, 6.45) is 0. The van der Waals surface area contributed by atoms with Crippen molar-refractivity contribution in [1.82, 2.24) is 16.0 Å². The number of esters is 2. The van der Waals surface area contributed by atoms with E-state index >= 15 is 0 Å². The lowest BCUT2D eigenvalue weighted by atomic mass is 10.0. The first-order valence-electron chi connectivity index (χ1n) is 8.94. The molecule has 1 aliphatic rings. The third-order valence-electron chi connectivity index (χ3n) is 4.04. The first-order valence-corrected chi connectivity index (χ1v) is 9.32. The minimum atomic E-state index is -0.986. The van der Waals surface area contributed by atoms with Gasteiger partial charge in [-0.15, -0.1) is 0 Å². The molecule has 1 aliphatic heterocycles. The Bertz CT molecular complexity index is 854. The molecule has 29 heavy (non-hydrogen) atoms. The number of benzene rings is 1. The monoisotopic (exact) mass is 423 g/mol. The zero-order valence-electron chi connectivity index (χ0n) is 16.2. The van der Waals surface area contributed by atoms with Crippen molar-refractivity contribution in [2.45, 2.75) is 32.9 Å². The predicted molar refractivity (Wildman–Crippen MR) is 104 cm³/mol. The summed E-state index contributed by atoms with van der Waals surface area (Å²) >= 11 is 5.97. The maximum absolute atomic E-state index is 12.3. The Morgan fingerprint density at radius 1 is 1.24 bits per heavy atom. The molecule has 2 unspecified atom stereocenters. The van der Waals surface area contributed by atoms with E-state index in [1.54, 1.807) is 32.0 Å². The minimum Gasteiger partial charge on any atom is -0.463 e. The quantitative estimate of drug-likeness (QED) is 0.571. The first kappa shape index (κ1) is 22.2. The first-order chi connectivity index (χ1) is 13.7. The summed E-state index contributed by atoms with van der Waals surface area (Å²) in [6.45, 7) is 4.50. The average Bonchev–Trinajstić information content (AvgIpc) is 2.65. The summed E-state index contributed by atoms with van der Waals surface area (Å²) in [5.41, 5.74) is 0.505. The normalized spacial score (nSPS) is 17.0. The summed E-state index contributed by atoms with van der Waals surface area (Å²) in [5, 5.41) is 7.73. The van der Waals surface area contributed by atoms with Crippen molar-refractivity contribution < 1.29 is 28.7 Å². The lowest BCUT2D eigenvalue weighted by molar-refractivity contribution is -0.145. The van der Waals surface area contributed by atoms with E-state index in [1.165, 1.54) is 13.0 Å². The van der Waals surface area contributed by atoms with Gasteiger partial charge in [0.15, 0.2) is 0 Å². The number of nitrogens with one attached hydrogen (secondary N) is 3. The fourth-order valence-corrected chi connectivity index (χ4v) is 2.86. The molecule has 2 atom stereocenters. The van der Waals surface area contributed by atoms with E-state index in [9.17, 15) is 19.2 Å². The van der Waals surface area contributed by atoms with Gasteiger partial charge >= 0.3 is 18.0 Å². The highest BCUT2D eigenvalue weighted by Gasteiger charge is 2.30. The third kappa shape index (κ3) is 5.71. The van der Waals surface area contributed by atoms with Gasteiger partial charge in [-0.05, 0) is 32.9 Å². The highest BCUT2D eigenvalue weighted by atomic mass is 35.5. The van der Waals surface area contributed by atoms with Crippen LogP contribution in [0.4, 0.5) is 4.79 Å². The average molecular weight is 424 g/mol. The summed E-state index contributed by atoms with van der Waals surface area (Å²) in [5.74, 6) is -1.91. The van der Waals surface area contributed by atoms with Crippen molar-refractivity contribution in [3.05, 3.63) is 46.1 Å². The molecule has 3 amide bonds. The molecule has 156 valence electrons. The standard InChI is InChI=1S/C19H22ClN3O6/c1-4-28-18(26)15-10(2)22-19(27)23-14(15)9-29-17(25)11(3)21-16(24)12-7-5-6-8-13(12)20/h5-8,10-11H,4,9H2,1-3H3,(H,21,24)(H2,22,23,27). The molecule has 1 aromatic rings. The van der Waals surface area contributed by atoms with Crippen LogP contribution in [0.1, 0.15) is 31.1 Å². The number of urea groups is 1. The van der Waals surface area contributed by atoms with Gasteiger partial charge in [-0.1, -0.05) is 23.7 Å². The van der Waals surface area contributed by atoms with Crippen LogP contribution in [0.15, 0.2) is 35.5 Å². The molecule has 1 aromatic carbocycles. The predicted octanol–water partition coefficient (Wildman–Crippen LogP) is 1.52. The molecule has 9 nitrogen and oxygen atoms in total. The van der Waals surface area contributed by atoms with Gasteiger partial charge in [0.1, 0.15) is 12.6 Å². The second-order valence-corrected chi connectivity index (χ2v) is 6.62. The van der Waals surface area contributed by atoms with Gasteiger partial charge in [-0.3, -0.25) is 4.79 Å². The third-order valence-corrected chi connectivity index (χ3v) is 4.37. The van der Waals surface area contributed by atoms with Gasteiger partial charge < -0.3 is 25.4 Å². The van der Waals surface area contributed by atoms with Crippen LogP contribution in [-0.4, -0.2) is 49.2 Å². The van der Waals surface area contributed by atoms with Crippen molar-refractivity contribution in [3.8, 4) is 0 Å². The van der Waals surface area contributed by atoms with Crippen LogP contribution in [0, 0.1) is 0 Å². The van der Waals surface area contributed by atoms with Crippen LogP contribution in [0.2, 0.25) is 5.02 Å². The van der Waals surface area contributed by atoms with E-state index in [-0.39, 0.29) is 35.1 Å². The maximum Gasteiger partial charge on any atom is 0.338 e. The fraction of sp³-hybridized carbons (Fsp3) is 0.368. The van der Waals surface area contributed by atoms with Crippen LogP contribution in [0.25, 0.3) is 0 Å². The largest absolute Gasteiger partial charge is 0.463 e. The summed E-state index contributed by atoms with van der Waals surface area (Å²) in [4.78, 5) is 48.4. The molecular weight excluding hydrogens is 402 g/mol. The Hall–Kier alpha value is -3.07. The Morgan fingerprint density at radius 2 is 1.93 bits per heavy atom. The van der Waals surface area contributed by atoms with E-state index in [0.717, 1.165) is 0 Å².